The molecule has 2 rings (SSSR count). The van der Waals surface area contributed by atoms with Crippen LogP contribution in [0.25, 0.3) is 0 Å². The Morgan fingerprint density at radius 1 is 1.29 bits per heavy atom. The molecule has 1 unspecified atom stereocenters. The lowest BCUT2D eigenvalue weighted by Crippen LogP contribution is -2.43. The lowest BCUT2D eigenvalue weighted by atomic mass is 10.1. The van der Waals surface area contributed by atoms with E-state index < -0.39 is 0 Å². The topological polar surface area (TPSA) is 70.2 Å². The highest BCUT2D eigenvalue weighted by Crippen LogP contribution is 2.18. The lowest BCUT2D eigenvalue weighted by molar-refractivity contribution is -0.125. The van der Waals surface area contributed by atoms with Gasteiger partial charge in [-0.1, -0.05) is 18.2 Å². The fourth-order valence-electron chi connectivity index (χ4n) is 2.39. The third kappa shape index (κ3) is 4.72. The molecule has 3 N–H and O–H groups in total. The van der Waals surface area contributed by atoms with Crippen LogP contribution < -0.4 is 16.0 Å². The zero-order valence-electron chi connectivity index (χ0n) is 12.4. The van der Waals surface area contributed by atoms with Gasteiger partial charge in [-0.2, -0.15) is 0 Å². The number of para-hydroxylation sites is 1. The normalized spacial score (nSPS) is 17.0. The van der Waals surface area contributed by atoms with E-state index in [1.807, 2.05) is 32.0 Å². The molecule has 1 heterocycles. The van der Waals surface area contributed by atoms with E-state index in [2.05, 4.69) is 16.0 Å². The third-order valence-corrected chi connectivity index (χ3v) is 3.55. The van der Waals surface area contributed by atoms with Crippen molar-refractivity contribution in [2.24, 2.45) is 0 Å². The summed E-state index contributed by atoms with van der Waals surface area (Å²) in [7, 11) is 0. The van der Waals surface area contributed by atoms with Gasteiger partial charge >= 0.3 is 0 Å². The first kappa shape index (κ1) is 17.5. The summed E-state index contributed by atoms with van der Waals surface area (Å²) in [6.07, 6.45) is 1.84. The molecule has 5 nitrogen and oxygen atoms in total. The predicted molar refractivity (Wildman–Crippen MR) is 85.8 cm³/mol. The molecule has 2 amide bonds. The minimum Gasteiger partial charge on any atom is -0.346 e. The molecule has 0 radical (unpaired) electrons. The highest BCUT2D eigenvalue weighted by atomic mass is 35.5. The Morgan fingerprint density at radius 2 is 1.95 bits per heavy atom. The van der Waals surface area contributed by atoms with E-state index in [0.29, 0.717) is 0 Å². The van der Waals surface area contributed by atoms with Crippen molar-refractivity contribution in [3.63, 3.8) is 0 Å². The summed E-state index contributed by atoms with van der Waals surface area (Å²) in [5, 5.41) is 8.62. The summed E-state index contributed by atoms with van der Waals surface area (Å²) >= 11 is 0. The molecule has 6 heteroatoms. The molecule has 1 fully saturated rings. The van der Waals surface area contributed by atoms with Crippen LogP contribution in [0.15, 0.2) is 18.2 Å². The summed E-state index contributed by atoms with van der Waals surface area (Å²) < 4.78 is 0. The summed E-state index contributed by atoms with van der Waals surface area (Å²) in [6.45, 7) is 4.77. The standard InChI is InChI=1S/C15H21N3O2.ClH/c1-10-5-3-6-11(2)14(10)18-13(19)9-17-15(20)12-7-4-8-16-12;/h3,5-6,12,16H,4,7-9H2,1-2H3,(H,17,20)(H,18,19);1H. The Labute approximate surface area is 131 Å². The van der Waals surface area contributed by atoms with Gasteiger partial charge in [0.15, 0.2) is 0 Å². The zero-order chi connectivity index (χ0) is 14.5. The molecular formula is C15H22ClN3O2. The molecule has 116 valence electrons. The molecule has 1 aliphatic heterocycles. The van der Waals surface area contributed by atoms with Gasteiger partial charge in [-0.05, 0) is 44.4 Å². The molecule has 0 spiro atoms. The van der Waals surface area contributed by atoms with Gasteiger partial charge < -0.3 is 16.0 Å². The second-order valence-corrected chi connectivity index (χ2v) is 5.18. The van der Waals surface area contributed by atoms with Crippen LogP contribution in [0.2, 0.25) is 0 Å². The van der Waals surface area contributed by atoms with Crippen LogP contribution in [0.5, 0.6) is 0 Å². The number of rotatable bonds is 4. The summed E-state index contributed by atoms with van der Waals surface area (Å²) in [4.78, 5) is 23.7. The summed E-state index contributed by atoms with van der Waals surface area (Å²) in [6, 6.07) is 5.70. The Kier molecular flexibility index (Phi) is 6.65. The average Bonchev–Trinajstić information content (AvgIpc) is 2.94. The molecule has 1 aromatic rings. The van der Waals surface area contributed by atoms with Crippen LogP contribution in [-0.4, -0.2) is 30.9 Å². The van der Waals surface area contributed by atoms with Gasteiger partial charge in [-0.15, -0.1) is 12.4 Å². The van der Waals surface area contributed by atoms with Gasteiger partial charge in [0, 0.05) is 5.69 Å². The van der Waals surface area contributed by atoms with Crippen molar-refractivity contribution in [2.75, 3.05) is 18.4 Å². The van der Waals surface area contributed by atoms with Crippen LogP contribution in [-0.2, 0) is 9.59 Å². The number of amides is 2. The molecular weight excluding hydrogens is 290 g/mol. The zero-order valence-corrected chi connectivity index (χ0v) is 13.2. The monoisotopic (exact) mass is 311 g/mol. The van der Waals surface area contributed by atoms with E-state index in [1.165, 1.54) is 0 Å². The number of aryl methyl sites for hydroxylation is 2. The van der Waals surface area contributed by atoms with Crippen LogP contribution in [0.3, 0.4) is 0 Å². The minimum atomic E-state index is -0.200. The first-order chi connectivity index (χ1) is 9.58. The minimum absolute atomic E-state index is 0. The SMILES string of the molecule is Cc1cccc(C)c1NC(=O)CNC(=O)C1CCCN1.Cl. The van der Waals surface area contributed by atoms with Gasteiger partial charge in [0.1, 0.15) is 0 Å². The van der Waals surface area contributed by atoms with Gasteiger partial charge in [0.05, 0.1) is 12.6 Å². The van der Waals surface area contributed by atoms with Crippen LogP contribution in [0, 0.1) is 13.8 Å². The van der Waals surface area contributed by atoms with Crippen molar-refractivity contribution in [1.29, 1.82) is 0 Å². The van der Waals surface area contributed by atoms with E-state index in [1.54, 1.807) is 0 Å². The van der Waals surface area contributed by atoms with Crippen molar-refractivity contribution in [1.82, 2.24) is 10.6 Å². The lowest BCUT2D eigenvalue weighted by Gasteiger charge is -2.13. The maximum absolute atomic E-state index is 11.9. The van der Waals surface area contributed by atoms with Crippen molar-refractivity contribution < 1.29 is 9.59 Å². The second kappa shape index (κ2) is 8.00. The quantitative estimate of drug-likeness (QED) is 0.790. The van der Waals surface area contributed by atoms with Crippen molar-refractivity contribution in [2.45, 2.75) is 32.7 Å². The van der Waals surface area contributed by atoms with E-state index in [0.717, 1.165) is 36.2 Å². The highest BCUT2D eigenvalue weighted by molar-refractivity contribution is 5.96. The highest BCUT2D eigenvalue weighted by Gasteiger charge is 2.22. The summed E-state index contributed by atoms with van der Waals surface area (Å²) in [5.41, 5.74) is 2.86. The second-order valence-electron chi connectivity index (χ2n) is 5.18. The summed E-state index contributed by atoms with van der Waals surface area (Å²) in [5.74, 6) is -0.298. The fourth-order valence-corrected chi connectivity index (χ4v) is 2.39. The third-order valence-electron chi connectivity index (χ3n) is 3.55. The molecule has 0 saturated carbocycles. The Morgan fingerprint density at radius 3 is 2.52 bits per heavy atom. The first-order valence-corrected chi connectivity index (χ1v) is 6.95. The molecule has 0 aromatic heterocycles. The number of anilines is 1. The van der Waals surface area contributed by atoms with Crippen molar-refractivity contribution in [3.05, 3.63) is 29.3 Å². The first-order valence-electron chi connectivity index (χ1n) is 6.95. The number of hydrogen-bond acceptors (Lipinski definition) is 3. The average molecular weight is 312 g/mol. The number of nitrogens with one attached hydrogen (secondary N) is 3. The van der Waals surface area contributed by atoms with Gasteiger partial charge in [-0.25, -0.2) is 0 Å². The molecule has 1 atom stereocenters. The number of carbonyl (C=O) groups is 2. The van der Waals surface area contributed by atoms with E-state index in [9.17, 15) is 9.59 Å². The molecule has 21 heavy (non-hydrogen) atoms. The van der Waals surface area contributed by atoms with Crippen molar-refractivity contribution in [3.8, 4) is 0 Å². The van der Waals surface area contributed by atoms with E-state index in [4.69, 9.17) is 0 Å². The maximum Gasteiger partial charge on any atom is 0.243 e. The van der Waals surface area contributed by atoms with E-state index >= 15 is 0 Å². The number of benzene rings is 1. The molecule has 1 aromatic carbocycles. The largest absolute Gasteiger partial charge is 0.346 e. The maximum atomic E-state index is 11.9. The van der Waals surface area contributed by atoms with Gasteiger partial charge in [0.2, 0.25) is 11.8 Å². The molecule has 0 aliphatic carbocycles. The van der Waals surface area contributed by atoms with Crippen molar-refractivity contribution >= 4 is 29.9 Å². The van der Waals surface area contributed by atoms with Crippen LogP contribution >= 0.6 is 12.4 Å². The number of hydrogen-bond donors (Lipinski definition) is 3. The molecule has 1 saturated heterocycles. The Balaban J connectivity index is 0.00000220. The van der Waals surface area contributed by atoms with Gasteiger partial charge in [0.25, 0.3) is 0 Å². The smallest absolute Gasteiger partial charge is 0.243 e. The molecule has 1 aliphatic rings. The fraction of sp³-hybridized carbons (Fsp3) is 0.467. The van der Waals surface area contributed by atoms with Gasteiger partial charge in [-0.3, -0.25) is 9.59 Å². The van der Waals surface area contributed by atoms with Crippen LogP contribution in [0.4, 0.5) is 5.69 Å². The predicted octanol–water partition coefficient (Wildman–Crippen LogP) is 1.53. The Bertz CT molecular complexity index is 493. The molecule has 0 bridgehead atoms. The van der Waals surface area contributed by atoms with Crippen LogP contribution in [0.1, 0.15) is 24.0 Å². The number of halogens is 1. The number of carbonyl (C=O) groups excluding carboxylic acids is 2. The Hall–Kier alpha value is -1.59. The van der Waals surface area contributed by atoms with E-state index in [-0.39, 0.29) is 36.8 Å².